The van der Waals surface area contributed by atoms with Crippen molar-refractivity contribution in [2.45, 2.75) is 12.1 Å². The lowest BCUT2D eigenvalue weighted by Gasteiger charge is -1.72. The zero-order valence-electron chi connectivity index (χ0n) is 4.04. The molecule has 0 spiro atoms. The molecule has 3 N–H and O–H groups in total. The molecule has 3 atom stereocenters. The monoisotopic (exact) mass is 99.1 g/mol. The van der Waals surface area contributed by atoms with Gasteiger partial charge in [0.25, 0.3) is 0 Å². The minimum atomic E-state index is -0.308. The van der Waals surface area contributed by atoms with Crippen molar-refractivity contribution in [3.05, 3.63) is 12.7 Å². The van der Waals surface area contributed by atoms with Crippen LogP contribution in [0.5, 0.6) is 0 Å². The van der Waals surface area contributed by atoms with Crippen LogP contribution in [0.1, 0.15) is 0 Å². The van der Waals surface area contributed by atoms with Crippen LogP contribution in [-0.2, 0) is 0 Å². The Morgan fingerprint density at radius 2 is 2.14 bits per heavy atom. The maximum atomic E-state index is 8.70. The normalized spacial score (nSPS) is 48.6. The first-order chi connectivity index (χ1) is 3.27. The molecule has 0 bridgehead atoms. The lowest BCUT2D eigenvalue weighted by Crippen LogP contribution is -2.04. The van der Waals surface area contributed by atoms with E-state index in [-0.39, 0.29) is 18.1 Å². The number of rotatable bonds is 1. The van der Waals surface area contributed by atoms with Crippen LogP contribution in [0.25, 0.3) is 0 Å². The van der Waals surface area contributed by atoms with E-state index in [9.17, 15) is 0 Å². The Morgan fingerprint density at radius 1 is 1.71 bits per heavy atom. The van der Waals surface area contributed by atoms with Gasteiger partial charge in [0.1, 0.15) is 0 Å². The lowest BCUT2D eigenvalue weighted by atomic mass is 10.4. The summed E-state index contributed by atoms with van der Waals surface area (Å²) in [6.45, 7) is 3.48. The average Bonchev–Trinajstić information content (AvgIpc) is 2.17. The first kappa shape index (κ1) is 4.81. The van der Waals surface area contributed by atoms with E-state index in [1.54, 1.807) is 6.08 Å². The summed E-state index contributed by atoms with van der Waals surface area (Å²) in [5.41, 5.74) is 5.30. The Morgan fingerprint density at radius 3 is 2.14 bits per heavy atom. The van der Waals surface area contributed by atoms with Gasteiger partial charge in [-0.3, -0.25) is 0 Å². The molecule has 0 heterocycles. The molecule has 2 heteroatoms. The fourth-order valence-electron chi connectivity index (χ4n) is 0.638. The third kappa shape index (κ3) is 0.558. The van der Waals surface area contributed by atoms with Crippen LogP contribution in [0, 0.1) is 5.92 Å². The van der Waals surface area contributed by atoms with Gasteiger partial charge in [-0.15, -0.1) is 6.58 Å². The maximum Gasteiger partial charge on any atom is 0.0776 e. The fraction of sp³-hybridized carbons (Fsp3) is 0.600. The zero-order valence-corrected chi connectivity index (χ0v) is 4.04. The quantitative estimate of drug-likeness (QED) is 0.435. The van der Waals surface area contributed by atoms with Gasteiger partial charge in [0.15, 0.2) is 0 Å². The first-order valence-electron chi connectivity index (χ1n) is 2.33. The van der Waals surface area contributed by atoms with Gasteiger partial charge in [-0.1, -0.05) is 6.08 Å². The molecule has 1 saturated carbocycles. The van der Waals surface area contributed by atoms with Gasteiger partial charge in [-0.05, 0) is 0 Å². The molecule has 7 heavy (non-hydrogen) atoms. The Labute approximate surface area is 42.6 Å². The number of aliphatic hydroxyl groups excluding tert-OH is 1. The van der Waals surface area contributed by atoms with E-state index in [4.69, 9.17) is 10.8 Å². The van der Waals surface area contributed by atoms with E-state index in [1.807, 2.05) is 0 Å². The van der Waals surface area contributed by atoms with Crippen LogP contribution in [0.4, 0.5) is 0 Å². The third-order valence-electron chi connectivity index (χ3n) is 1.36. The van der Waals surface area contributed by atoms with E-state index < -0.39 is 0 Å². The molecule has 0 saturated heterocycles. The van der Waals surface area contributed by atoms with Crippen LogP contribution in [0.2, 0.25) is 0 Å². The summed E-state index contributed by atoms with van der Waals surface area (Å²) < 4.78 is 0. The fourth-order valence-corrected chi connectivity index (χ4v) is 0.638. The summed E-state index contributed by atoms with van der Waals surface area (Å²) >= 11 is 0. The molecule has 0 aliphatic heterocycles. The Bertz CT molecular complexity index is 84.1. The van der Waals surface area contributed by atoms with Crippen molar-refractivity contribution in [2.75, 3.05) is 0 Å². The summed E-state index contributed by atoms with van der Waals surface area (Å²) in [5.74, 6) is 0.167. The van der Waals surface area contributed by atoms with Crippen molar-refractivity contribution >= 4 is 0 Å². The Hall–Kier alpha value is -0.340. The molecule has 0 amide bonds. The summed E-state index contributed by atoms with van der Waals surface area (Å²) in [4.78, 5) is 0. The van der Waals surface area contributed by atoms with Crippen LogP contribution >= 0.6 is 0 Å². The van der Waals surface area contributed by atoms with Crippen LogP contribution < -0.4 is 5.73 Å². The average molecular weight is 99.1 g/mol. The highest BCUT2D eigenvalue weighted by Gasteiger charge is 2.43. The minimum absolute atomic E-state index is 0.0301. The molecule has 0 aromatic rings. The molecule has 1 aliphatic carbocycles. The van der Waals surface area contributed by atoms with Gasteiger partial charge < -0.3 is 10.8 Å². The number of aliphatic hydroxyl groups is 1. The number of hydrogen-bond donors (Lipinski definition) is 2. The SMILES string of the molecule is C=CC1C(N)C1O. The summed E-state index contributed by atoms with van der Waals surface area (Å²) in [6, 6.07) is -0.0301. The van der Waals surface area contributed by atoms with E-state index in [0.717, 1.165) is 0 Å². The highest BCUT2D eigenvalue weighted by Crippen LogP contribution is 2.28. The van der Waals surface area contributed by atoms with Crippen LogP contribution in [0.3, 0.4) is 0 Å². The maximum absolute atomic E-state index is 8.70. The standard InChI is InChI=1S/C5H9NO/c1-2-3-4(6)5(3)7/h2-5,7H,1,6H2. The molecule has 3 unspecified atom stereocenters. The Balaban J connectivity index is 2.37. The molecular weight excluding hydrogens is 90.1 g/mol. The molecule has 0 aromatic heterocycles. The molecule has 1 rings (SSSR count). The predicted molar refractivity (Wildman–Crippen MR) is 27.7 cm³/mol. The second-order valence-corrected chi connectivity index (χ2v) is 1.88. The van der Waals surface area contributed by atoms with E-state index in [0.29, 0.717) is 0 Å². The summed E-state index contributed by atoms with van der Waals surface area (Å²) in [6.07, 6.45) is 1.38. The number of nitrogens with two attached hydrogens (primary N) is 1. The lowest BCUT2D eigenvalue weighted by molar-refractivity contribution is 0.263. The van der Waals surface area contributed by atoms with Gasteiger partial charge in [0, 0.05) is 12.0 Å². The van der Waals surface area contributed by atoms with Crippen molar-refractivity contribution in [1.29, 1.82) is 0 Å². The second kappa shape index (κ2) is 1.32. The summed E-state index contributed by atoms with van der Waals surface area (Å²) in [7, 11) is 0. The van der Waals surface area contributed by atoms with Gasteiger partial charge in [0.05, 0.1) is 6.10 Å². The Kier molecular flexibility index (Phi) is 0.905. The van der Waals surface area contributed by atoms with E-state index in [1.165, 1.54) is 0 Å². The van der Waals surface area contributed by atoms with Gasteiger partial charge in [0.2, 0.25) is 0 Å². The molecule has 40 valence electrons. The largest absolute Gasteiger partial charge is 0.391 e. The third-order valence-corrected chi connectivity index (χ3v) is 1.36. The smallest absolute Gasteiger partial charge is 0.0776 e. The van der Waals surface area contributed by atoms with Gasteiger partial charge in [-0.25, -0.2) is 0 Å². The molecule has 0 radical (unpaired) electrons. The van der Waals surface area contributed by atoms with Gasteiger partial charge in [-0.2, -0.15) is 0 Å². The zero-order chi connectivity index (χ0) is 5.44. The molecule has 2 nitrogen and oxygen atoms in total. The predicted octanol–water partition coefficient (Wildman–Crippen LogP) is -0.510. The molecule has 1 aliphatic rings. The van der Waals surface area contributed by atoms with Crippen molar-refractivity contribution in [1.82, 2.24) is 0 Å². The van der Waals surface area contributed by atoms with E-state index >= 15 is 0 Å². The molecule has 0 aromatic carbocycles. The first-order valence-corrected chi connectivity index (χ1v) is 2.33. The van der Waals surface area contributed by atoms with Crippen molar-refractivity contribution in [3.8, 4) is 0 Å². The highest BCUT2D eigenvalue weighted by molar-refractivity contribution is 5.10. The van der Waals surface area contributed by atoms with Crippen molar-refractivity contribution in [2.24, 2.45) is 11.7 Å². The van der Waals surface area contributed by atoms with Crippen molar-refractivity contribution in [3.63, 3.8) is 0 Å². The van der Waals surface area contributed by atoms with Crippen LogP contribution in [-0.4, -0.2) is 17.3 Å². The van der Waals surface area contributed by atoms with Gasteiger partial charge >= 0.3 is 0 Å². The highest BCUT2D eigenvalue weighted by atomic mass is 16.3. The second-order valence-electron chi connectivity index (χ2n) is 1.88. The van der Waals surface area contributed by atoms with Crippen molar-refractivity contribution < 1.29 is 5.11 Å². The number of hydrogen-bond acceptors (Lipinski definition) is 2. The van der Waals surface area contributed by atoms with Crippen LogP contribution in [0.15, 0.2) is 12.7 Å². The minimum Gasteiger partial charge on any atom is -0.391 e. The molecule has 1 fully saturated rings. The summed E-state index contributed by atoms with van der Waals surface area (Å²) in [5, 5.41) is 8.70. The molecular formula is C5H9NO. The van der Waals surface area contributed by atoms with E-state index in [2.05, 4.69) is 6.58 Å². The topological polar surface area (TPSA) is 46.2 Å².